The molecule has 10 heteroatoms. The molecule has 3 heterocycles. The summed E-state index contributed by atoms with van der Waals surface area (Å²) in [6.07, 6.45) is 6.21. The number of rotatable bonds is 6. The Balaban J connectivity index is 1.26. The Hall–Kier alpha value is -2.45. The van der Waals surface area contributed by atoms with Crippen LogP contribution in [-0.2, 0) is 17.8 Å². The summed E-state index contributed by atoms with van der Waals surface area (Å²) < 4.78 is 1.81. The molecule has 8 nitrogen and oxygen atoms in total. The van der Waals surface area contributed by atoms with E-state index in [1.165, 1.54) is 0 Å². The van der Waals surface area contributed by atoms with Gasteiger partial charge in [0.25, 0.3) is 0 Å². The maximum Gasteiger partial charge on any atom is 0.223 e. The molecule has 0 radical (unpaired) electrons. The van der Waals surface area contributed by atoms with Crippen molar-refractivity contribution in [3.05, 3.63) is 58.1 Å². The van der Waals surface area contributed by atoms with E-state index < -0.39 is 0 Å². The molecule has 4 rings (SSSR count). The molecule has 0 atom stereocenters. The second-order valence-corrected chi connectivity index (χ2v) is 7.26. The molecule has 0 spiro atoms. The smallest absolute Gasteiger partial charge is 0.223 e. The molecule has 0 aliphatic carbocycles. The maximum atomic E-state index is 12.3. The molecule has 1 aliphatic heterocycles. The minimum absolute atomic E-state index is 0.124. The van der Waals surface area contributed by atoms with Crippen LogP contribution >= 0.6 is 23.2 Å². The Morgan fingerprint density at radius 3 is 2.67 bits per heavy atom. The van der Waals surface area contributed by atoms with Crippen molar-refractivity contribution in [1.82, 2.24) is 34.9 Å². The number of carbonyl (C=O) groups is 1. The Morgan fingerprint density at radius 2 is 1.93 bits per heavy atom. The van der Waals surface area contributed by atoms with Gasteiger partial charge in [-0.05, 0) is 24.1 Å². The van der Waals surface area contributed by atoms with Gasteiger partial charge in [-0.3, -0.25) is 4.79 Å². The SMILES string of the molecule is O=C(CCc1ccc(Cl)c(Cl)c1)N1CC(n2cc(Cn3nccn3)nn2)C1. The van der Waals surface area contributed by atoms with Gasteiger partial charge < -0.3 is 4.90 Å². The van der Waals surface area contributed by atoms with Crippen LogP contribution in [0.5, 0.6) is 0 Å². The lowest BCUT2D eigenvalue weighted by atomic mass is 10.1. The van der Waals surface area contributed by atoms with Gasteiger partial charge in [0.1, 0.15) is 12.2 Å². The van der Waals surface area contributed by atoms with Crippen molar-refractivity contribution >= 4 is 29.1 Å². The van der Waals surface area contributed by atoms with Crippen molar-refractivity contribution in [1.29, 1.82) is 0 Å². The van der Waals surface area contributed by atoms with Crippen molar-refractivity contribution in [3.8, 4) is 0 Å². The summed E-state index contributed by atoms with van der Waals surface area (Å²) in [6.45, 7) is 1.76. The number of amides is 1. The highest BCUT2D eigenvalue weighted by Crippen LogP contribution is 2.24. The van der Waals surface area contributed by atoms with Crippen molar-refractivity contribution in [2.75, 3.05) is 13.1 Å². The van der Waals surface area contributed by atoms with E-state index in [9.17, 15) is 4.79 Å². The minimum atomic E-state index is 0.124. The Kier molecular flexibility index (Phi) is 5.09. The van der Waals surface area contributed by atoms with Gasteiger partial charge in [-0.25, -0.2) is 4.68 Å². The lowest BCUT2D eigenvalue weighted by molar-refractivity contribution is -0.137. The van der Waals surface area contributed by atoms with Gasteiger partial charge in [-0.1, -0.05) is 34.5 Å². The summed E-state index contributed by atoms with van der Waals surface area (Å²) >= 11 is 11.9. The fourth-order valence-corrected chi connectivity index (χ4v) is 3.29. The van der Waals surface area contributed by atoms with Gasteiger partial charge in [0, 0.05) is 19.5 Å². The van der Waals surface area contributed by atoms with E-state index in [0.29, 0.717) is 42.5 Å². The molecule has 1 saturated heterocycles. The van der Waals surface area contributed by atoms with Crippen LogP contribution in [0.4, 0.5) is 0 Å². The molecular formula is C17H17Cl2N7O. The first-order chi connectivity index (χ1) is 13.1. The number of aromatic nitrogens is 6. The second kappa shape index (κ2) is 7.66. The third kappa shape index (κ3) is 4.12. The van der Waals surface area contributed by atoms with Crippen LogP contribution in [0.1, 0.15) is 23.7 Å². The van der Waals surface area contributed by atoms with Crippen LogP contribution in [-0.4, -0.2) is 53.9 Å². The standard InChI is InChI=1S/C17H17Cl2N7O/c18-15-3-1-12(7-16(15)19)2-4-17(27)24-10-14(11-24)25-8-13(22-23-25)9-26-20-5-6-21-26/h1,3,5-8,14H,2,4,9-11H2. The number of aryl methyl sites for hydroxylation is 1. The first-order valence-electron chi connectivity index (χ1n) is 8.55. The van der Waals surface area contributed by atoms with E-state index in [1.54, 1.807) is 23.3 Å². The topological polar surface area (TPSA) is 81.7 Å². The molecule has 3 aromatic rings. The zero-order chi connectivity index (χ0) is 18.8. The third-order valence-electron chi connectivity index (χ3n) is 4.53. The van der Waals surface area contributed by atoms with Crippen LogP contribution in [0.2, 0.25) is 10.0 Å². The van der Waals surface area contributed by atoms with Crippen molar-refractivity contribution in [2.45, 2.75) is 25.4 Å². The number of hydrogen-bond donors (Lipinski definition) is 0. The lowest BCUT2D eigenvalue weighted by Gasteiger charge is -2.39. The van der Waals surface area contributed by atoms with Gasteiger partial charge in [-0.15, -0.1) is 5.10 Å². The predicted octanol–water partition coefficient (Wildman–Crippen LogP) is 2.24. The molecule has 1 aromatic carbocycles. The molecule has 0 N–H and O–H groups in total. The Morgan fingerprint density at radius 1 is 1.15 bits per heavy atom. The van der Waals surface area contributed by atoms with Gasteiger partial charge in [-0.2, -0.15) is 15.0 Å². The Labute approximate surface area is 165 Å². The zero-order valence-corrected chi connectivity index (χ0v) is 15.9. The normalized spacial score (nSPS) is 14.4. The third-order valence-corrected chi connectivity index (χ3v) is 5.27. The number of carbonyl (C=O) groups excluding carboxylic acids is 1. The molecule has 27 heavy (non-hydrogen) atoms. The highest BCUT2D eigenvalue weighted by atomic mass is 35.5. The monoisotopic (exact) mass is 405 g/mol. The van der Waals surface area contributed by atoms with Crippen LogP contribution in [0, 0.1) is 0 Å². The fraction of sp³-hybridized carbons (Fsp3) is 0.353. The van der Waals surface area contributed by atoms with Crippen molar-refractivity contribution < 1.29 is 4.79 Å². The molecule has 2 aromatic heterocycles. The van der Waals surface area contributed by atoms with Crippen LogP contribution in [0.25, 0.3) is 0 Å². The van der Waals surface area contributed by atoms with Crippen LogP contribution in [0.15, 0.2) is 36.8 Å². The first kappa shape index (κ1) is 17.9. The molecule has 140 valence electrons. The quantitative estimate of drug-likeness (QED) is 0.627. The zero-order valence-electron chi connectivity index (χ0n) is 14.4. The fourth-order valence-electron chi connectivity index (χ4n) is 2.96. The van der Waals surface area contributed by atoms with E-state index in [0.717, 1.165) is 11.3 Å². The van der Waals surface area contributed by atoms with Crippen molar-refractivity contribution in [3.63, 3.8) is 0 Å². The Bertz CT molecular complexity index is 935. The summed E-state index contributed by atoms with van der Waals surface area (Å²) in [5, 5.41) is 17.4. The number of hydrogen-bond acceptors (Lipinski definition) is 5. The predicted molar refractivity (Wildman–Crippen MR) is 99.5 cm³/mol. The molecule has 1 fully saturated rings. The summed E-state index contributed by atoms with van der Waals surface area (Å²) in [6, 6.07) is 5.61. The lowest BCUT2D eigenvalue weighted by Crippen LogP contribution is -2.51. The molecule has 1 aliphatic rings. The maximum absolute atomic E-state index is 12.3. The highest BCUT2D eigenvalue weighted by Gasteiger charge is 2.32. The largest absolute Gasteiger partial charge is 0.338 e. The highest BCUT2D eigenvalue weighted by molar-refractivity contribution is 6.42. The van der Waals surface area contributed by atoms with Gasteiger partial charge in [0.2, 0.25) is 5.91 Å². The van der Waals surface area contributed by atoms with E-state index in [4.69, 9.17) is 23.2 Å². The summed E-state index contributed by atoms with van der Waals surface area (Å²) in [7, 11) is 0. The molecule has 0 unspecified atom stereocenters. The van der Waals surface area contributed by atoms with Crippen LogP contribution in [0.3, 0.4) is 0 Å². The molecule has 1 amide bonds. The average molecular weight is 406 g/mol. The average Bonchev–Trinajstić information content (AvgIpc) is 3.27. The molecule has 0 bridgehead atoms. The first-order valence-corrected chi connectivity index (χ1v) is 9.30. The molecule has 0 saturated carbocycles. The van der Waals surface area contributed by atoms with Crippen molar-refractivity contribution in [2.24, 2.45) is 0 Å². The number of benzene rings is 1. The number of likely N-dealkylation sites (tertiary alicyclic amines) is 1. The van der Waals surface area contributed by atoms with E-state index >= 15 is 0 Å². The summed E-state index contributed by atoms with van der Waals surface area (Å²) in [4.78, 5) is 15.7. The van der Waals surface area contributed by atoms with E-state index in [2.05, 4.69) is 20.5 Å². The van der Waals surface area contributed by atoms with E-state index in [1.807, 2.05) is 27.9 Å². The van der Waals surface area contributed by atoms with Gasteiger partial charge in [0.15, 0.2) is 0 Å². The second-order valence-electron chi connectivity index (χ2n) is 6.45. The van der Waals surface area contributed by atoms with Gasteiger partial charge in [0.05, 0.1) is 34.7 Å². The molecular weight excluding hydrogens is 389 g/mol. The van der Waals surface area contributed by atoms with Gasteiger partial charge >= 0.3 is 0 Å². The summed E-state index contributed by atoms with van der Waals surface area (Å²) in [5.41, 5.74) is 1.79. The van der Waals surface area contributed by atoms with Crippen LogP contribution < -0.4 is 0 Å². The minimum Gasteiger partial charge on any atom is -0.338 e. The number of halogens is 2. The summed E-state index contributed by atoms with van der Waals surface area (Å²) in [5.74, 6) is 0.124. The number of nitrogens with zero attached hydrogens (tertiary/aromatic N) is 7. The van der Waals surface area contributed by atoms with E-state index in [-0.39, 0.29) is 11.9 Å².